The number of aryl methyl sites for hydroxylation is 2. The van der Waals surface area contributed by atoms with E-state index in [-0.39, 0.29) is 23.4 Å². The molecule has 0 saturated heterocycles. The van der Waals surface area contributed by atoms with Crippen molar-refractivity contribution in [2.75, 3.05) is 32.5 Å². The van der Waals surface area contributed by atoms with Gasteiger partial charge in [0.1, 0.15) is 5.69 Å². The van der Waals surface area contributed by atoms with Crippen molar-refractivity contribution in [2.24, 2.45) is 7.05 Å². The lowest BCUT2D eigenvalue weighted by molar-refractivity contribution is -0.137. The summed E-state index contributed by atoms with van der Waals surface area (Å²) in [7, 11) is 5.62. The molecule has 9 nitrogen and oxygen atoms in total. The van der Waals surface area contributed by atoms with Crippen molar-refractivity contribution in [2.45, 2.75) is 26.6 Å². The minimum absolute atomic E-state index is 0.0108. The number of halogens is 4. The molecule has 0 fully saturated rings. The number of amides is 1. The lowest BCUT2D eigenvalue weighted by Gasteiger charge is -2.17. The molecule has 0 bridgehead atoms. The first-order chi connectivity index (χ1) is 18.8. The molecule has 0 radical (unpaired) electrons. The van der Waals surface area contributed by atoms with Crippen LogP contribution in [0.2, 0.25) is 5.02 Å². The van der Waals surface area contributed by atoms with E-state index in [1.54, 1.807) is 40.0 Å². The maximum Gasteiger partial charge on any atom is 0.417 e. The van der Waals surface area contributed by atoms with Crippen molar-refractivity contribution in [3.8, 4) is 16.9 Å². The van der Waals surface area contributed by atoms with Gasteiger partial charge in [0, 0.05) is 49.2 Å². The van der Waals surface area contributed by atoms with Gasteiger partial charge in [0.05, 0.1) is 28.7 Å². The number of nitrogens with zero attached hydrogens (tertiary/aromatic N) is 6. The Labute approximate surface area is 234 Å². The molecule has 0 aliphatic rings. The Morgan fingerprint density at radius 2 is 1.90 bits per heavy atom. The highest BCUT2D eigenvalue weighted by molar-refractivity contribution is 6.32. The van der Waals surface area contributed by atoms with Crippen LogP contribution in [-0.2, 0) is 19.8 Å². The Hall–Kier alpha value is -3.74. The number of nitrogens with one attached hydrogen (secondary N) is 2. The van der Waals surface area contributed by atoms with Gasteiger partial charge in [0.15, 0.2) is 0 Å². The Kier molecular flexibility index (Phi) is 8.62. The van der Waals surface area contributed by atoms with Gasteiger partial charge in [-0.05, 0) is 63.3 Å². The summed E-state index contributed by atoms with van der Waals surface area (Å²) in [5, 5.41) is 18.0. The molecular weight excluding hydrogens is 545 g/mol. The highest BCUT2D eigenvalue weighted by Crippen LogP contribution is 2.38. The zero-order valence-electron chi connectivity index (χ0n) is 22.8. The molecule has 212 valence electrons. The summed E-state index contributed by atoms with van der Waals surface area (Å²) in [5.74, 6) is -0.577. The number of anilines is 1. The molecule has 13 heteroatoms. The third kappa shape index (κ3) is 6.52. The van der Waals surface area contributed by atoms with Crippen LogP contribution in [-0.4, -0.2) is 62.8 Å². The molecule has 0 unspecified atom stereocenters. The first kappa shape index (κ1) is 29.2. The summed E-state index contributed by atoms with van der Waals surface area (Å²) < 4.78 is 44.5. The number of benzene rings is 2. The fourth-order valence-corrected chi connectivity index (χ4v) is 4.36. The number of hydrogen-bond acceptors (Lipinski definition) is 6. The van der Waals surface area contributed by atoms with Gasteiger partial charge in [-0.15, -0.1) is 5.10 Å². The van der Waals surface area contributed by atoms with Crippen LogP contribution in [0, 0.1) is 13.8 Å². The Morgan fingerprint density at radius 1 is 1.15 bits per heavy atom. The van der Waals surface area contributed by atoms with E-state index >= 15 is 0 Å². The summed E-state index contributed by atoms with van der Waals surface area (Å²) in [6, 6.07) is 7.25. The van der Waals surface area contributed by atoms with Gasteiger partial charge < -0.3 is 15.5 Å². The summed E-state index contributed by atoms with van der Waals surface area (Å²) in [5.41, 5.74) is 3.25. The van der Waals surface area contributed by atoms with Gasteiger partial charge in [-0.2, -0.15) is 18.3 Å². The first-order valence-electron chi connectivity index (χ1n) is 12.4. The molecule has 4 aromatic rings. The summed E-state index contributed by atoms with van der Waals surface area (Å²) in [6.07, 6.45) is -1.25. The van der Waals surface area contributed by atoms with E-state index in [4.69, 9.17) is 11.6 Å². The SMILES string of the molecule is Cc1ccc(C(=O)Nc2cc(CNCCN(C)C)c(Cl)c(C(F)(F)F)c2)cc1-n1cc(-c2cnn(C)c2C)nn1. The number of carbonyl (C=O) groups excluding carboxylic acids is 1. The van der Waals surface area contributed by atoms with E-state index in [0.29, 0.717) is 24.5 Å². The minimum atomic E-state index is -4.69. The standard InChI is InChI=1S/C27H30ClF3N8O/c1-16-6-7-18(11-24(16)39-15-23(35-36-39)21-14-33-38(5)17(21)2)26(40)34-20-10-19(13-32-8-9-37(3)4)25(28)22(12-20)27(29,30)31/h6-7,10-12,14-15,32H,8-9,13H2,1-5H3,(H,34,40). The van der Waals surface area contributed by atoms with Gasteiger partial charge in [0.25, 0.3) is 5.91 Å². The molecule has 2 heterocycles. The lowest BCUT2D eigenvalue weighted by atomic mass is 10.1. The number of carbonyl (C=O) groups is 1. The fourth-order valence-electron chi connectivity index (χ4n) is 4.07. The molecule has 40 heavy (non-hydrogen) atoms. The zero-order chi connectivity index (χ0) is 29.2. The number of hydrogen-bond donors (Lipinski definition) is 2. The zero-order valence-corrected chi connectivity index (χ0v) is 23.5. The molecule has 0 saturated carbocycles. The average Bonchev–Trinajstić information content (AvgIpc) is 3.49. The van der Waals surface area contributed by atoms with Crippen LogP contribution >= 0.6 is 11.6 Å². The molecule has 0 spiro atoms. The highest BCUT2D eigenvalue weighted by atomic mass is 35.5. The molecular formula is C27H30ClF3N8O. The number of likely N-dealkylation sites (N-methyl/N-ethyl adjacent to an activating group) is 1. The summed E-state index contributed by atoms with van der Waals surface area (Å²) >= 11 is 6.12. The Morgan fingerprint density at radius 3 is 2.55 bits per heavy atom. The average molecular weight is 575 g/mol. The quantitative estimate of drug-likeness (QED) is 0.277. The minimum Gasteiger partial charge on any atom is -0.322 e. The second-order valence-corrected chi connectivity index (χ2v) is 10.1. The monoisotopic (exact) mass is 574 g/mol. The topological polar surface area (TPSA) is 92.9 Å². The first-order valence-corrected chi connectivity index (χ1v) is 12.8. The van der Waals surface area contributed by atoms with Gasteiger partial charge >= 0.3 is 6.18 Å². The number of rotatable bonds is 9. The van der Waals surface area contributed by atoms with E-state index in [0.717, 1.165) is 22.9 Å². The van der Waals surface area contributed by atoms with Crippen LogP contribution in [0.5, 0.6) is 0 Å². The second kappa shape index (κ2) is 11.8. The van der Waals surface area contributed by atoms with Crippen LogP contribution in [0.4, 0.5) is 18.9 Å². The van der Waals surface area contributed by atoms with Gasteiger partial charge in [-0.25, -0.2) is 4.68 Å². The van der Waals surface area contributed by atoms with Crippen LogP contribution in [0.25, 0.3) is 16.9 Å². The van der Waals surface area contributed by atoms with Crippen molar-refractivity contribution < 1.29 is 18.0 Å². The largest absolute Gasteiger partial charge is 0.417 e. The van der Waals surface area contributed by atoms with Crippen molar-refractivity contribution >= 4 is 23.2 Å². The van der Waals surface area contributed by atoms with Crippen molar-refractivity contribution in [1.82, 2.24) is 35.0 Å². The van der Waals surface area contributed by atoms with Crippen LogP contribution in [0.3, 0.4) is 0 Å². The predicted octanol–water partition coefficient (Wildman–Crippen LogP) is 4.86. The van der Waals surface area contributed by atoms with Crippen molar-refractivity contribution in [1.29, 1.82) is 0 Å². The van der Waals surface area contributed by atoms with Crippen LogP contribution in [0.1, 0.15) is 32.7 Å². The fraction of sp³-hybridized carbons (Fsp3) is 0.333. The third-order valence-corrected chi connectivity index (χ3v) is 6.93. The van der Waals surface area contributed by atoms with E-state index in [1.165, 1.54) is 6.07 Å². The molecule has 4 rings (SSSR count). The van der Waals surface area contributed by atoms with Crippen LogP contribution in [0.15, 0.2) is 42.7 Å². The van der Waals surface area contributed by atoms with Crippen molar-refractivity contribution in [3.63, 3.8) is 0 Å². The Balaban J connectivity index is 1.59. The predicted molar refractivity (Wildman–Crippen MR) is 148 cm³/mol. The maximum absolute atomic E-state index is 13.8. The van der Waals surface area contributed by atoms with Crippen molar-refractivity contribution in [3.05, 3.63) is 75.7 Å². The number of alkyl halides is 3. The second-order valence-electron chi connectivity index (χ2n) is 9.75. The van der Waals surface area contributed by atoms with Gasteiger partial charge in [0.2, 0.25) is 0 Å². The van der Waals surface area contributed by atoms with Gasteiger partial charge in [-0.1, -0.05) is 22.9 Å². The number of aromatic nitrogens is 5. The normalized spacial score (nSPS) is 11.8. The lowest BCUT2D eigenvalue weighted by Crippen LogP contribution is -2.26. The van der Waals surface area contributed by atoms with E-state index in [2.05, 4.69) is 26.0 Å². The smallest absolute Gasteiger partial charge is 0.322 e. The third-order valence-electron chi connectivity index (χ3n) is 6.49. The highest BCUT2D eigenvalue weighted by Gasteiger charge is 2.35. The summed E-state index contributed by atoms with van der Waals surface area (Å²) in [6.45, 7) is 5.14. The van der Waals surface area contributed by atoms with E-state index in [9.17, 15) is 18.0 Å². The molecule has 0 aliphatic carbocycles. The van der Waals surface area contributed by atoms with Gasteiger partial charge in [-0.3, -0.25) is 9.48 Å². The Bertz CT molecular complexity index is 1530. The molecule has 1 amide bonds. The molecule has 2 aromatic heterocycles. The molecule has 0 aliphatic heterocycles. The molecule has 0 atom stereocenters. The molecule has 2 aromatic carbocycles. The summed E-state index contributed by atoms with van der Waals surface area (Å²) in [4.78, 5) is 15.1. The maximum atomic E-state index is 13.8. The van der Waals surface area contributed by atoms with E-state index < -0.39 is 22.7 Å². The van der Waals surface area contributed by atoms with Crippen LogP contribution < -0.4 is 10.6 Å². The van der Waals surface area contributed by atoms with E-state index in [1.807, 2.05) is 39.9 Å². The molecule has 2 N–H and O–H groups in total.